The Morgan fingerprint density at radius 2 is 1.76 bits per heavy atom. The fourth-order valence-corrected chi connectivity index (χ4v) is 3.19. The molecule has 0 atom stereocenters. The number of carbonyl (C=O) groups is 2. The molecule has 29 heavy (non-hydrogen) atoms. The first-order valence-corrected chi connectivity index (χ1v) is 9.34. The summed E-state index contributed by atoms with van der Waals surface area (Å²) in [5.74, 6) is -1.07. The number of aromatic nitrogens is 2. The summed E-state index contributed by atoms with van der Waals surface area (Å²) < 4.78 is 6.71. The van der Waals surface area contributed by atoms with E-state index in [4.69, 9.17) is 16.3 Å². The maximum Gasteiger partial charge on any atom is 0.343 e. The van der Waals surface area contributed by atoms with Crippen LogP contribution in [0.2, 0.25) is 5.15 Å². The SMILES string of the molecule is C=CCN(C(=O)COC(=O)c1c(C)nn(-c2ccccc2)c1Cl)c1ccccc1. The van der Waals surface area contributed by atoms with Crippen molar-refractivity contribution in [3.8, 4) is 5.69 Å². The Morgan fingerprint density at radius 3 is 2.38 bits per heavy atom. The van der Waals surface area contributed by atoms with Gasteiger partial charge < -0.3 is 9.64 Å². The van der Waals surface area contributed by atoms with Gasteiger partial charge in [-0.25, -0.2) is 9.48 Å². The highest BCUT2D eigenvalue weighted by atomic mass is 35.5. The molecule has 0 N–H and O–H groups in total. The van der Waals surface area contributed by atoms with E-state index in [2.05, 4.69) is 11.7 Å². The maximum atomic E-state index is 12.6. The van der Waals surface area contributed by atoms with Crippen LogP contribution >= 0.6 is 11.6 Å². The van der Waals surface area contributed by atoms with Gasteiger partial charge in [0.05, 0.1) is 11.4 Å². The quantitative estimate of drug-likeness (QED) is 0.433. The molecular formula is C22H20ClN3O3. The van der Waals surface area contributed by atoms with E-state index < -0.39 is 12.6 Å². The van der Waals surface area contributed by atoms with Crippen LogP contribution in [0.1, 0.15) is 16.1 Å². The summed E-state index contributed by atoms with van der Waals surface area (Å²) in [6.07, 6.45) is 1.61. The van der Waals surface area contributed by atoms with Gasteiger partial charge in [-0.05, 0) is 31.2 Å². The van der Waals surface area contributed by atoms with Crippen molar-refractivity contribution in [2.75, 3.05) is 18.1 Å². The van der Waals surface area contributed by atoms with E-state index in [-0.39, 0.29) is 16.6 Å². The number of para-hydroxylation sites is 2. The van der Waals surface area contributed by atoms with E-state index >= 15 is 0 Å². The molecule has 0 saturated carbocycles. The summed E-state index contributed by atoms with van der Waals surface area (Å²) in [7, 11) is 0. The first kappa shape index (κ1) is 20.4. The van der Waals surface area contributed by atoms with Gasteiger partial charge in [0.15, 0.2) is 6.61 Å². The Bertz CT molecular complexity index is 1020. The van der Waals surface area contributed by atoms with E-state index in [0.717, 1.165) is 5.69 Å². The molecule has 1 amide bonds. The standard InChI is InChI=1S/C22H20ClN3O3/c1-3-14-25(17-10-6-4-7-11-17)19(27)15-29-22(28)20-16(2)24-26(21(20)23)18-12-8-5-9-13-18/h3-13H,1,14-15H2,2H3. The van der Waals surface area contributed by atoms with Gasteiger partial charge in [-0.2, -0.15) is 5.10 Å². The number of carbonyl (C=O) groups excluding carboxylic acids is 2. The number of hydrogen-bond donors (Lipinski definition) is 0. The van der Waals surface area contributed by atoms with Gasteiger partial charge in [0.1, 0.15) is 10.7 Å². The number of halogens is 1. The van der Waals surface area contributed by atoms with E-state index in [1.807, 2.05) is 48.5 Å². The van der Waals surface area contributed by atoms with Gasteiger partial charge in [-0.1, -0.05) is 54.1 Å². The van der Waals surface area contributed by atoms with Crippen LogP contribution in [-0.2, 0) is 9.53 Å². The second-order valence-corrected chi connectivity index (χ2v) is 6.56. The molecule has 0 saturated heterocycles. The first-order chi connectivity index (χ1) is 14.0. The van der Waals surface area contributed by atoms with Gasteiger partial charge >= 0.3 is 5.97 Å². The summed E-state index contributed by atoms with van der Waals surface area (Å²) >= 11 is 6.37. The molecule has 0 unspecified atom stereocenters. The summed E-state index contributed by atoms with van der Waals surface area (Å²) in [6.45, 7) is 5.22. The van der Waals surface area contributed by atoms with Gasteiger partial charge in [0.2, 0.25) is 0 Å². The van der Waals surface area contributed by atoms with Crippen molar-refractivity contribution in [1.29, 1.82) is 0 Å². The molecular weight excluding hydrogens is 390 g/mol. The summed E-state index contributed by atoms with van der Waals surface area (Å²) in [6, 6.07) is 18.3. The second kappa shape index (κ2) is 9.21. The van der Waals surface area contributed by atoms with E-state index in [1.165, 1.54) is 9.58 Å². The first-order valence-electron chi connectivity index (χ1n) is 8.97. The van der Waals surface area contributed by atoms with Crippen LogP contribution in [0.5, 0.6) is 0 Å². The average molecular weight is 410 g/mol. The lowest BCUT2D eigenvalue weighted by Crippen LogP contribution is -2.34. The lowest BCUT2D eigenvalue weighted by atomic mass is 10.2. The van der Waals surface area contributed by atoms with Gasteiger partial charge in [-0.15, -0.1) is 6.58 Å². The molecule has 6 nitrogen and oxygen atoms in total. The smallest absolute Gasteiger partial charge is 0.343 e. The van der Waals surface area contributed by atoms with Crippen LogP contribution in [0.4, 0.5) is 5.69 Å². The highest BCUT2D eigenvalue weighted by Gasteiger charge is 2.24. The van der Waals surface area contributed by atoms with Crippen molar-refractivity contribution in [2.24, 2.45) is 0 Å². The molecule has 2 aromatic carbocycles. The van der Waals surface area contributed by atoms with E-state index in [9.17, 15) is 9.59 Å². The normalized spacial score (nSPS) is 10.4. The molecule has 0 aliphatic rings. The van der Waals surface area contributed by atoms with Crippen molar-refractivity contribution < 1.29 is 14.3 Å². The Kier molecular flexibility index (Phi) is 6.46. The number of amides is 1. The molecule has 0 fully saturated rings. The van der Waals surface area contributed by atoms with Gasteiger partial charge in [0.25, 0.3) is 5.91 Å². The maximum absolute atomic E-state index is 12.6. The van der Waals surface area contributed by atoms with E-state index in [1.54, 1.807) is 25.1 Å². The average Bonchev–Trinajstić information content (AvgIpc) is 3.05. The zero-order valence-electron chi connectivity index (χ0n) is 15.9. The van der Waals surface area contributed by atoms with Crippen LogP contribution < -0.4 is 4.90 Å². The Labute approximate surface area is 174 Å². The van der Waals surface area contributed by atoms with E-state index in [0.29, 0.717) is 17.9 Å². The predicted octanol–water partition coefficient (Wildman–Crippen LogP) is 4.21. The number of hydrogen-bond acceptors (Lipinski definition) is 4. The van der Waals surface area contributed by atoms with Crippen molar-refractivity contribution in [3.05, 3.63) is 89.7 Å². The number of ether oxygens (including phenoxy) is 1. The van der Waals surface area contributed by atoms with Crippen molar-refractivity contribution >= 4 is 29.2 Å². The van der Waals surface area contributed by atoms with Gasteiger partial charge in [-0.3, -0.25) is 4.79 Å². The highest BCUT2D eigenvalue weighted by molar-refractivity contribution is 6.33. The fraction of sp³-hybridized carbons (Fsp3) is 0.136. The number of benzene rings is 2. The molecule has 1 aromatic heterocycles. The third-order valence-electron chi connectivity index (χ3n) is 4.22. The molecule has 148 valence electrons. The molecule has 0 bridgehead atoms. The summed E-state index contributed by atoms with van der Waals surface area (Å²) in [5, 5.41) is 4.45. The largest absolute Gasteiger partial charge is 0.452 e. The highest BCUT2D eigenvalue weighted by Crippen LogP contribution is 2.24. The summed E-state index contributed by atoms with van der Waals surface area (Å²) in [5.41, 5.74) is 1.97. The van der Waals surface area contributed by atoms with Crippen LogP contribution in [-0.4, -0.2) is 34.8 Å². The lowest BCUT2D eigenvalue weighted by Gasteiger charge is -2.21. The molecule has 3 aromatic rings. The number of esters is 1. The molecule has 3 rings (SSSR count). The molecule has 0 radical (unpaired) electrons. The Morgan fingerprint density at radius 1 is 1.14 bits per heavy atom. The molecule has 0 aliphatic carbocycles. The minimum absolute atomic E-state index is 0.136. The molecule has 0 spiro atoms. The second-order valence-electron chi connectivity index (χ2n) is 6.20. The Hall–Kier alpha value is -3.38. The third kappa shape index (κ3) is 4.55. The minimum atomic E-state index is -0.699. The number of rotatable bonds is 7. The predicted molar refractivity (Wildman–Crippen MR) is 113 cm³/mol. The monoisotopic (exact) mass is 409 g/mol. The molecule has 7 heteroatoms. The topological polar surface area (TPSA) is 64.4 Å². The number of anilines is 1. The van der Waals surface area contributed by atoms with Crippen LogP contribution in [0.15, 0.2) is 73.3 Å². The van der Waals surface area contributed by atoms with Crippen LogP contribution in [0, 0.1) is 6.92 Å². The summed E-state index contributed by atoms with van der Waals surface area (Å²) in [4.78, 5) is 26.7. The zero-order chi connectivity index (χ0) is 20.8. The van der Waals surface area contributed by atoms with Crippen molar-refractivity contribution in [2.45, 2.75) is 6.92 Å². The lowest BCUT2D eigenvalue weighted by molar-refractivity contribution is -0.121. The molecule has 0 aliphatic heterocycles. The molecule has 1 heterocycles. The van der Waals surface area contributed by atoms with Crippen LogP contribution in [0.25, 0.3) is 5.69 Å². The van der Waals surface area contributed by atoms with Crippen LogP contribution in [0.3, 0.4) is 0 Å². The number of nitrogens with zero attached hydrogens (tertiary/aromatic N) is 3. The Balaban J connectivity index is 1.74. The minimum Gasteiger partial charge on any atom is -0.452 e. The third-order valence-corrected chi connectivity index (χ3v) is 4.57. The van der Waals surface area contributed by atoms with Crippen molar-refractivity contribution in [3.63, 3.8) is 0 Å². The van der Waals surface area contributed by atoms with Gasteiger partial charge in [0, 0.05) is 12.2 Å². The van der Waals surface area contributed by atoms with Crippen molar-refractivity contribution in [1.82, 2.24) is 9.78 Å². The number of aryl methyl sites for hydroxylation is 1. The fourth-order valence-electron chi connectivity index (χ4n) is 2.84. The zero-order valence-corrected chi connectivity index (χ0v) is 16.7.